The molecule has 0 bridgehead atoms. The molecule has 0 saturated carbocycles. The number of rotatable bonds is 2. The van der Waals surface area contributed by atoms with Gasteiger partial charge in [-0.05, 0) is 19.4 Å². The van der Waals surface area contributed by atoms with Crippen molar-refractivity contribution in [3.05, 3.63) is 11.6 Å². The summed E-state index contributed by atoms with van der Waals surface area (Å²) in [5.41, 5.74) is 0. The van der Waals surface area contributed by atoms with E-state index in [1.807, 2.05) is 11.6 Å². The van der Waals surface area contributed by atoms with Crippen molar-refractivity contribution in [2.45, 2.75) is 18.9 Å². The Hall–Kier alpha value is -0.320. The Morgan fingerprint density at radius 1 is 1.62 bits per heavy atom. The average Bonchev–Trinajstić information content (AvgIpc) is 2.59. The van der Waals surface area contributed by atoms with Gasteiger partial charge < -0.3 is 10.6 Å². The second-order valence-corrected chi connectivity index (χ2v) is 3.92. The third-order valence-corrected chi connectivity index (χ3v) is 2.76. The molecule has 2 N–H and O–H groups in total. The van der Waals surface area contributed by atoms with E-state index in [4.69, 9.17) is 0 Å². The molecule has 1 aliphatic rings. The number of nitrogens with one attached hydrogen (secondary N) is 2. The highest BCUT2D eigenvalue weighted by atomic mass is 35.5. The van der Waals surface area contributed by atoms with E-state index >= 15 is 0 Å². The first-order chi connectivity index (χ1) is 5.95. The van der Waals surface area contributed by atoms with Crippen molar-refractivity contribution in [2.75, 3.05) is 18.4 Å². The molecule has 2 rings (SSSR count). The van der Waals surface area contributed by atoms with E-state index < -0.39 is 0 Å². The molecule has 0 aliphatic carbocycles. The van der Waals surface area contributed by atoms with E-state index in [2.05, 4.69) is 15.6 Å². The normalized spacial score (nSPS) is 22.0. The number of halogens is 1. The summed E-state index contributed by atoms with van der Waals surface area (Å²) < 4.78 is 0. The van der Waals surface area contributed by atoms with Crippen LogP contribution in [0.2, 0.25) is 0 Å². The minimum Gasteiger partial charge on any atom is -0.358 e. The Morgan fingerprint density at radius 3 is 3.15 bits per heavy atom. The summed E-state index contributed by atoms with van der Waals surface area (Å²) in [7, 11) is 0. The third-order valence-electron chi connectivity index (χ3n) is 2.06. The average molecular weight is 220 g/mol. The van der Waals surface area contributed by atoms with Crippen molar-refractivity contribution in [1.82, 2.24) is 10.3 Å². The van der Waals surface area contributed by atoms with Crippen LogP contribution in [0, 0.1) is 0 Å². The third kappa shape index (κ3) is 3.14. The van der Waals surface area contributed by atoms with Gasteiger partial charge >= 0.3 is 0 Å². The zero-order chi connectivity index (χ0) is 8.23. The van der Waals surface area contributed by atoms with E-state index in [0.717, 1.165) is 18.2 Å². The summed E-state index contributed by atoms with van der Waals surface area (Å²) in [6, 6.07) is 0.574. The zero-order valence-corrected chi connectivity index (χ0v) is 8.96. The molecule has 0 spiro atoms. The molecular formula is C8H14ClN3S. The zero-order valence-electron chi connectivity index (χ0n) is 7.32. The predicted octanol–water partition coefficient (Wildman–Crippen LogP) is 1.73. The summed E-state index contributed by atoms with van der Waals surface area (Å²) in [6.45, 7) is 2.23. The minimum atomic E-state index is 0. The maximum Gasteiger partial charge on any atom is 0.182 e. The van der Waals surface area contributed by atoms with Crippen LogP contribution in [0.4, 0.5) is 5.13 Å². The molecule has 1 aromatic rings. The van der Waals surface area contributed by atoms with Crippen molar-refractivity contribution >= 4 is 28.9 Å². The second kappa shape index (κ2) is 5.42. The maximum atomic E-state index is 4.19. The fourth-order valence-corrected chi connectivity index (χ4v) is 2.05. The summed E-state index contributed by atoms with van der Waals surface area (Å²) in [6.07, 6.45) is 4.36. The van der Waals surface area contributed by atoms with Crippen LogP contribution in [-0.4, -0.2) is 24.1 Å². The van der Waals surface area contributed by atoms with Crippen LogP contribution in [0.25, 0.3) is 0 Å². The van der Waals surface area contributed by atoms with Gasteiger partial charge in [0.25, 0.3) is 0 Å². The van der Waals surface area contributed by atoms with E-state index in [9.17, 15) is 0 Å². The van der Waals surface area contributed by atoms with Crippen LogP contribution in [-0.2, 0) is 0 Å². The lowest BCUT2D eigenvalue weighted by molar-refractivity contribution is 0.480. The number of hydrogen-bond donors (Lipinski definition) is 2. The molecule has 1 aromatic heterocycles. The standard InChI is InChI=1S/C8H13N3S.ClH/c1-2-7(6-9-3-1)11-8-10-4-5-12-8;/h4-5,7,9H,1-3,6H2,(H,10,11);1H/t7-;/m1./s1. The molecule has 74 valence electrons. The molecule has 0 aromatic carbocycles. The van der Waals surface area contributed by atoms with Crippen LogP contribution >= 0.6 is 23.7 Å². The van der Waals surface area contributed by atoms with E-state index in [-0.39, 0.29) is 12.4 Å². The molecule has 1 fully saturated rings. The van der Waals surface area contributed by atoms with Gasteiger partial charge in [-0.2, -0.15) is 0 Å². The predicted molar refractivity (Wildman–Crippen MR) is 58.9 cm³/mol. The smallest absolute Gasteiger partial charge is 0.182 e. The number of nitrogens with zero attached hydrogens (tertiary/aromatic N) is 1. The molecule has 0 radical (unpaired) electrons. The topological polar surface area (TPSA) is 37.0 Å². The molecule has 1 saturated heterocycles. The van der Waals surface area contributed by atoms with Gasteiger partial charge in [-0.25, -0.2) is 4.98 Å². The van der Waals surface area contributed by atoms with Gasteiger partial charge in [0.15, 0.2) is 5.13 Å². The monoisotopic (exact) mass is 219 g/mol. The Bertz CT molecular complexity index is 221. The molecule has 0 unspecified atom stereocenters. The van der Waals surface area contributed by atoms with Crippen molar-refractivity contribution < 1.29 is 0 Å². The highest BCUT2D eigenvalue weighted by Crippen LogP contribution is 2.14. The maximum absolute atomic E-state index is 4.19. The van der Waals surface area contributed by atoms with Crippen LogP contribution < -0.4 is 10.6 Å². The molecule has 1 aliphatic heterocycles. The fourth-order valence-electron chi connectivity index (χ4n) is 1.44. The van der Waals surface area contributed by atoms with Crippen LogP contribution in [0.3, 0.4) is 0 Å². The van der Waals surface area contributed by atoms with Gasteiger partial charge in [-0.15, -0.1) is 23.7 Å². The summed E-state index contributed by atoms with van der Waals surface area (Å²) in [4.78, 5) is 4.19. The van der Waals surface area contributed by atoms with Crippen molar-refractivity contribution in [1.29, 1.82) is 0 Å². The second-order valence-electron chi connectivity index (χ2n) is 3.02. The molecular weight excluding hydrogens is 206 g/mol. The van der Waals surface area contributed by atoms with Crippen LogP contribution in [0.1, 0.15) is 12.8 Å². The van der Waals surface area contributed by atoms with Gasteiger partial charge in [0.1, 0.15) is 0 Å². The van der Waals surface area contributed by atoms with Crippen molar-refractivity contribution in [3.8, 4) is 0 Å². The highest BCUT2D eigenvalue weighted by molar-refractivity contribution is 7.13. The van der Waals surface area contributed by atoms with E-state index in [1.54, 1.807) is 11.3 Å². The molecule has 5 heteroatoms. The lowest BCUT2D eigenvalue weighted by atomic mass is 10.1. The van der Waals surface area contributed by atoms with Crippen molar-refractivity contribution in [2.24, 2.45) is 0 Å². The largest absolute Gasteiger partial charge is 0.358 e. The quantitative estimate of drug-likeness (QED) is 0.796. The van der Waals surface area contributed by atoms with E-state index in [0.29, 0.717) is 6.04 Å². The van der Waals surface area contributed by atoms with Gasteiger partial charge in [-0.1, -0.05) is 0 Å². The first-order valence-electron chi connectivity index (χ1n) is 4.32. The summed E-state index contributed by atoms with van der Waals surface area (Å²) in [5.74, 6) is 0. The molecule has 13 heavy (non-hydrogen) atoms. The Labute approximate surface area is 88.4 Å². The molecule has 0 amide bonds. The Balaban J connectivity index is 0.000000845. The first-order valence-corrected chi connectivity index (χ1v) is 5.20. The summed E-state index contributed by atoms with van der Waals surface area (Å²) in [5, 5.41) is 9.81. The fraction of sp³-hybridized carbons (Fsp3) is 0.625. The van der Waals surface area contributed by atoms with Crippen LogP contribution in [0.15, 0.2) is 11.6 Å². The lowest BCUT2D eigenvalue weighted by Gasteiger charge is -2.23. The number of piperidine rings is 1. The van der Waals surface area contributed by atoms with Gasteiger partial charge in [0.05, 0.1) is 0 Å². The number of aromatic nitrogens is 1. The Morgan fingerprint density at radius 2 is 2.54 bits per heavy atom. The van der Waals surface area contributed by atoms with Gasteiger partial charge in [-0.3, -0.25) is 0 Å². The molecule has 1 atom stereocenters. The summed E-state index contributed by atoms with van der Waals surface area (Å²) >= 11 is 1.67. The first kappa shape index (κ1) is 10.8. The SMILES string of the molecule is Cl.c1csc(N[C@@H]2CCCNC2)n1. The number of anilines is 1. The van der Waals surface area contributed by atoms with Gasteiger partial charge in [0, 0.05) is 24.2 Å². The molecule has 2 heterocycles. The molecule has 3 nitrogen and oxygen atoms in total. The van der Waals surface area contributed by atoms with Crippen LogP contribution in [0.5, 0.6) is 0 Å². The lowest BCUT2D eigenvalue weighted by Crippen LogP contribution is -2.38. The van der Waals surface area contributed by atoms with E-state index in [1.165, 1.54) is 12.8 Å². The minimum absolute atomic E-state index is 0. The Kier molecular flexibility index (Phi) is 4.48. The number of hydrogen-bond acceptors (Lipinski definition) is 4. The van der Waals surface area contributed by atoms with Gasteiger partial charge in [0.2, 0.25) is 0 Å². The van der Waals surface area contributed by atoms with Crippen molar-refractivity contribution in [3.63, 3.8) is 0 Å². The number of thiazole rings is 1. The highest BCUT2D eigenvalue weighted by Gasteiger charge is 2.12.